The highest BCUT2D eigenvalue weighted by atomic mass is 16.6. The van der Waals surface area contributed by atoms with Crippen LogP contribution in [0.25, 0.3) is 0 Å². The quantitative estimate of drug-likeness (QED) is 0.453. The van der Waals surface area contributed by atoms with Gasteiger partial charge in [-0.1, -0.05) is 0 Å². The summed E-state index contributed by atoms with van der Waals surface area (Å²) in [4.78, 5) is 52.6. The molecule has 2 aromatic heterocycles. The Morgan fingerprint density at radius 1 is 0.708 bits per heavy atom. The lowest BCUT2D eigenvalue weighted by Crippen LogP contribution is -2.48. The summed E-state index contributed by atoms with van der Waals surface area (Å²) in [6.07, 6.45) is 5.22. The van der Waals surface area contributed by atoms with Crippen LogP contribution < -0.4 is 0 Å². The topological polar surface area (TPSA) is 158 Å². The smallest absolute Gasteiger partial charge is 0.328 e. The Kier molecular flexibility index (Phi) is 10.6. The van der Waals surface area contributed by atoms with Crippen molar-refractivity contribution in [1.29, 1.82) is 0 Å². The van der Waals surface area contributed by atoms with Crippen LogP contribution in [-0.2, 0) is 62.6 Å². The zero-order chi connectivity index (χ0) is 34.9. The van der Waals surface area contributed by atoms with Gasteiger partial charge < -0.3 is 29.1 Å². The monoisotopic (exact) mass is 670 g/mol. The van der Waals surface area contributed by atoms with Gasteiger partial charge in [0, 0.05) is 48.7 Å². The van der Waals surface area contributed by atoms with Gasteiger partial charge in [-0.25, -0.2) is 0 Å². The van der Waals surface area contributed by atoms with Gasteiger partial charge in [0.25, 0.3) is 11.8 Å². The highest BCUT2D eigenvalue weighted by molar-refractivity contribution is 5.95. The van der Waals surface area contributed by atoms with E-state index in [0.29, 0.717) is 37.6 Å². The predicted molar refractivity (Wildman–Crippen MR) is 174 cm³/mol. The van der Waals surface area contributed by atoms with Crippen molar-refractivity contribution in [2.75, 3.05) is 26.2 Å². The third-order valence-electron chi connectivity index (χ3n) is 8.82. The summed E-state index contributed by atoms with van der Waals surface area (Å²) < 4.78 is 19.9. The average Bonchev–Trinajstić information content (AvgIpc) is 3.75. The molecule has 2 amide bonds. The van der Waals surface area contributed by atoms with Crippen molar-refractivity contribution in [3.8, 4) is 0 Å². The van der Waals surface area contributed by atoms with E-state index in [-0.39, 0.29) is 55.3 Å². The van der Waals surface area contributed by atoms with Crippen LogP contribution in [0.15, 0.2) is 0 Å². The van der Waals surface area contributed by atoms with Crippen LogP contribution in [0.3, 0.4) is 0 Å². The minimum atomic E-state index is -0.940. The number of rotatable bonds is 6. The van der Waals surface area contributed by atoms with E-state index in [4.69, 9.17) is 19.3 Å². The average molecular weight is 671 g/mol. The number of morpholine rings is 2. The summed E-state index contributed by atoms with van der Waals surface area (Å²) in [6, 6.07) is 0. The number of hydrogen-bond donors (Lipinski definition) is 1. The summed E-state index contributed by atoms with van der Waals surface area (Å²) >= 11 is 0. The molecule has 4 heterocycles. The molecule has 0 bridgehead atoms. The number of esters is 1. The van der Waals surface area contributed by atoms with Crippen LogP contribution in [0.1, 0.15) is 105 Å². The van der Waals surface area contributed by atoms with Crippen LogP contribution in [0, 0.1) is 0 Å². The van der Waals surface area contributed by atoms with Crippen LogP contribution in [0.4, 0.5) is 0 Å². The van der Waals surface area contributed by atoms with Crippen molar-refractivity contribution in [3.63, 3.8) is 0 Å². The van der Waals surface area contributed by atoms with E-state index in [9.17, 15) is 19.2 Å². The minimum Gasteiger partial charge on any atom is -0.480 e. The number of carboxylic acid groups (broad SMARTS) is 1. The molecule has 14 heteroatoms. The number of aliphatic carboxylic acids is 1. The molecule has 0 spiro atoms. The molecule has 14 nitrogen and oxygen atoms in total. The first-order valence-electron chi connectivity index (χ1n) is 17.1. The lowest BCUT2D eigenvalue weighted by molar-refractivity contribution is -0.155. The summed E-state index contributed by atoms with van der Waals surface area (Å²) in [6.45, 7) is 15.4. The lowest BCUT2D eigenvalue weighted by Gasteiger charge is -2.35. The normalized spacial score (nSPS) is 23.6. The van der Waals surface area contributed by atoms with E-state index < -0.39 is 11.6 Å². The molecule has 2 aromatic rings. The number of carbonyl (C=O) groups excluding carboxylic acids is 3. The van der Waals surface area contributed by atoms with E-state index in [1.165, 1.54) is 4.68 Å². The van der Waals surface area contributed by atoms with E-state index in [2.05, 4.69) is 10.2 Å². The molecule has 0 radical (unpaired) electrons. The molecule has 48 heavy (non-hydrogen) atoms. The standard InChI is InChI=1S/C19H29N3O4.C15H21N3O4/c1-12-9-21(10-13(2)25-12)18(24)17-14-7-6-8-15(14)22(20-17)11-16(23)26-19(3,4)5;1-9-6-17(7-10(2)22-9)15(21)14-11-4-3-5-12(11)18(16-14)8-13(19)20/h12-13H,6-11H2,1-5H3;9-10H,3-8H2,1-2H3,(H,19,20)/t12-,13+;9-,10+. The van der Waals surface area contributed by atoms with Crippen molar-refractivity contribution in [3.05, 3.63) is 33.9 Å². The Bertz CT molecular complexity index is 1520. The maximum atomic E-state index is 13.1. The first kappa shape index (κ1) is 35.5. The Hall–Kier alpha value is -3.78. The Morgan fingerprint density at radius 3 is 1.48 bits per heavy atom. The Balaban J connectivity index is 0.000000190. The van der Waals surface area contributed by atoms with Crippen molar-refractivity contribution in [2.45, 2.75) is 130 Å². The van der Waals surface area contributed by atoms with Gasteiger partial charge in [0.2, 0.25) is 0 Å². The molecule has 2 aliphatic heterocycles. The fourth-order valence-corrected chi connectivity index (χ4v) is 7.23. The van der Waals surface area contributed by atoms with Crippen LogP contribution in [0.2, 0.25) is 0 Å². The van der Waals surface area contributed by atoms with Crippen LogP contribution in [-0.4, -0.2) is 114 Å². The maximum Gasteiger partial charge on any atom is 0.328 e. The van der Waals surface area contributed by atoms with Crippen molar-refractivity contribution >= 4 is 23.8 Å². The van der Waals surface area contributed by atoms with Gasteiger partial charge in [0.05, 0.1) is 24.4 Å². The number of aromatic nitrogens is 4. The number of ether oxygens (including phenoxy) is 3. The molecule has 264 valence electrons. The van der Waals surface area contributed by atoms with Gasteiger partial charge in [0.1, 0.15) is 18.7 Å². The second-order valence-corrected chi connectivity index (χ2v) is 14.5. The van der Waals surface area contributed by atoms with Crippen LogP contribution in [0.5, 0.6) is 0 Å². The third-order valence-corrected chi connectivity index (χ3v) is 8.82. The highest BCUT2D eigenvalue weighted by Crippen LogP contribution is 2.29. The molecule has 1 N–H and O–H groups in total. The van der Waals surface area contributed by atoms with E-state index >= 15 is 0 Å². The van der Waals surface area contributed by atoms with Crippen molar-refractivity contribution in [2.24, 2.45) is 0 Å². The first-order chi connectivity index (χ1) is 22.6. The molecule has 2 saturated heterocycles. The predicted octanol–water partition coefficient (Wildman–Crippen LogP) is 2.67. The summed E-state index contributed by atoms with van der Waals surface area (Å²) in [5, 5.41) is 17.8. The SMILES string of the molecule is C[C@@H]1CN(C(=O)c2nn(CC(=O)O)c3c2CCC3)C[C@H](C)O1.C[C@@H]1CN(C(=O)c2nn(CC(=O)OC(C)(C)C)c3c2CCC3)C[C@H](C)O1. The molecule has 2 fully saturated rings. The highest BCUT2D eigenvalue weighted by Gasteiger charge is 2.35. The third kappa shape index (κ3) is 8.25. The molecule has 6 rings (SSSR count). The van der Waals surface area contributed by atoms with Crippen LogP contribution >= 0.6 is 0 Å². The number of hydrogen-bond acceptors (Lipinski definition) is 9. The summed E-state index contributed by atoms with van der Waals surface area (Å²) in [5.41, 5.74) is 4.20. The maximum absolute atomic E-state index is 13.1. The Morgan fingerprint density at radius 2 is 1.10 bits per heavy atom. The number of nitrogens with zero attached hydrogens (tertiary/aromatic N) is 6. The minimum absolute atomic E-state index is 0.00172. The summed E-state index contributed by atoms with van der Waals surface area (Å²) in [5.74, 6) is -1.44. The zero-order valence-electron chi connectivity index (χ0n) is 29.3. The fourth-order valence-electron chi connectivity index (χ4n) is 7.23. The number of fused-ring (bicyclic) bond motifs is 2. The van der Waals surface area contributed by atoms with Gasteiger partial charge in [-0.15, -0.1) is 0 Å². The van der Waals surface area contributed by atoms with Gasteiger partial charge in [-0.05, 0) is 87.0 Å². The molecule has 4 atom stereocenters. The largest absolute Gasteiger partial charge is 0.480 e. The number of amides is 2. The van der Waals surface area contributed by atoms with Gasteiger partial charge in [-0.3, -0.25) is 28.5 Å². The molecular formula is C34H50N6O8. The second-order valence-electron chi connectivity index (χ2n) is 14.5. The second kappa shape index (κ2) is 14.4. The Labute approximate surface area is 281 Å². The van der Waals surface area contributed by atoms with Gasteiger partial charge in [-0.2, -0.15) is 10.2 Å². The zero-order valence-corrected chi connectivity index (χ0v) is 29.3. The van der Waals surface area contributed by atoms with E-state index in [1.807, 2.05) is 53.4 Å². The molecule has 0 aromatic carbocycles. The number of carbonyl (C=O) groups is 4. The molecule has 2 aliphatic carbocycles. The molecular weight excluding hydrogens is 620 g/mol. The lowest BCUT2D eigenvalue weighted by atomic mass is 10.1. The summed E-state index contributed by atoms with van der Waals surface area (Å²) in [7, 11) is 0. The van der Waals surface area contributed by atoms with Gasteiger partial charge in [0.15, 0.2) is 11.4 Å². The first-order valence-corrected chi connectivity index (χ1v) is 17.1. The van der Waals surface area contributed by atoms with Gasteiger partial charge >= 0.3 is 11.9 Å². The van der Waals surface area contributed by atoms with E-state index in [1.54, 1.807) is 9.58 Å². The molecule has 0 saturated carbocycles. The molecule has 4 aliphatic rings. The van der Waals surface area contributed by atoms with Crippen molar-refractivity contribution < 1.29 is 38.5 Å². The van der Waals surface area contributed by atoms with E-state index in [0.717, 1.165) is 61.0 Å². The number of carboxylic acids is 1. The molecule has 0 unspecified atom stereocenters. The van der Waals surface area contributed by atoms with Crippen molar-refractivity contribution in [1.82, 2.24) is 29.4 Å². The fraction of sp³-hybridized carbons (Fsp3) is 0.706.